The predicted octanol–water partition coefficient (Wildman–Crippen LogP) is 1.20. The molecule has 6 heteroatoms. The fourth-order valence-corrected chi connectivity index (χ4v) is 2.89. The standard InChI is InChI=1S/C14H23NO4S/c1-14(19-3,12-18-2)11-15-20(16,17)10-9-13-7-5-4-6-8-13/h4-8,15H,9-12H2,1-3H3. The molecule has 0 bridgehead atoms. The van der Waals surface area contributed by atoms with E-state index in [4.69, 9.17) is 9.47 Å². The Morgan fingerprint density at radius 3 is 2.40 bits per heavy atom. The van der Waals surface area contributed by atoms with Crippen LogP contribution in [0.5, 0.6) is 0 Å². The number of benzene rings is 1. The zero-order valence-corrected chi connectivity index (χ0v) is 13.1. The zero-order valence-electron chi connectivity index (χ0n) is 12.3. The molecular weight excluding hydrogens is 278 g/mol. The lowest BCUT2D eigenvalue weighted by atomic mass is 10.1. The Hall–Kier alpha value is -0.950. The number of aryl methyl sites for hydroxylation is 1. The van der Waals surface area contributed by atoms with Crippen LogP contribution >= 0.6 is 0 Å². The van der Waals surface area contributed by atoms with E-state index in [-0.39, 0.29) is 12.3 Å². The third kappa shape index (κ3) is 6.00. The Bertz CT molecular complexity index is 489. The molecule has 0 aliphatic heterocycles. The van der Waals surface area contributed by atoms with Crippen molar-refractivity contribution in [3.05, 3.63) is 35.9 Å². The summed E-state index contributed by atoms with van der Waals surface area (Å²) in [6.07, 6.45) is 0.490. The Morgan fingerprint density at radius 2 is 1.85 bits per heavy atom. The fraction of sp³-hybridized carbons (Fsp3) is 0.571. The fourth-order valence-electron chi connectivity index (χ4n) is 1.72. The van der Waals surface area contributed by atoms with Crippen molar-refractivity contribution in [1.82, 2.24) is 4.72 Å². The third-order valence-electron chi connectivity index (χ3n) is 3.11. The van der Waals surface area contributed by atoms with E-state index in [1.165, 1.54) is 7.11 Å². The Labute approximate surface area is 121 Å². The van der Waals surface area contributed by atoms with Gasteiger partial charge in [0.1, 0.15) is 5.60 Å². The van der Waals surface area contributed by atoms with Crippen LogP contribution in [-0.2, 0) is 25.9 Å². The van der Waals surface area contributed by atoms with Gasteiger partial charge in [0.2, 0.25) is 10.0 Å². The summed E-state index contributed by atoms with van der Waals surface area (Å²) in [6.45, 7) is 2.31. The minimum atomic E-state index is -3.33. The first-order chi connectivity index (χ1) is 9.41. The van der Waals surface area contributed by atoms with E-state index in [1.54, 1.807) is 14.0 Å². The van der Waals surface area contributed by atoms with E-state index >= 15 is 0 Å². The summed E-state index contributed by atoms with van der Waals surface area (Å²) in [5, 5.41) is 0. The Kier molecular flexibility index (Phi) is 6.61. The monoisotopic (exact) mass is 301 g/mol. The van der Waals surface area contributed by atoms with Crippen LogP contribution in [0.15, 0.2) is 30.3 Å². The average Bonchev–Trinajstić information content (AvgIpc) is 2.45. The maximum absolute atomic E-state index is 12.0. The number of nitrogens with one attached hydrogen (secondary N) is 1. The van der Waals surface area contributed by atoms with E-state index in [9.17, 15) is 8.42 Å². The molecular formula is C14H23NO4S. The van der Waals surface area contributed by atoms with Crippen molar-refractivity contribution in [2.45, 2.75) is 18.9 Å². The number of sulfonamides is 1. The van der Waals surface area contributed by atoms with Crippen LogP contribution in [0.4, 0.5) is 0 Å². The molecule has 0 heterocycles. The molecule has 0 aromatic heterocycles. The molecule has 1 unspecified atom stereocenters. The Balaban J connectivity index is 2.49. The van der Waals surface area contributed by atoms with Crippen molar-refractivity contribution in [3.63, 3.8) is 0 Å². The highest BCUT2D eigenvalue weighted by molar-refractivity contribution is 7.89. The smallest absolute Gasteiger partial charge is 0.212 e. The van der Waals surface area contributed by atoms with Crippen molar-refractivity contribution in [2.75, 3.05) is 33.1 Å². The number of rotatable bonds is 9. The second-order valence-corrected chi connectivity index (χ2v) is 6.89. The van der Waals surface area contributed by atoms with Crippen molar-refractivity contribution >= 4 is 10.0 Å². The average molecular weight is 301 g/mol. The van der Waals surface area contributed by atoms with E-state index in [0.717, 1.165) is 5.56 Å². The molecule has 0 aliphatic carbocycles. The van der Waals surface area contributed by atoms with E-state index < -0.39 is 15.6 Å². The number of ether oxygens (including phenoxy) is 2. The molecule has 0 saturated carbocycles. The van der Waals surface area contributed by atoms with Gasteiger partial charge >= 0.3 is 0 Å². The van der Waals surface area contributed by atoms with Crippen LogP contribution in [0.25, 0.3) is 0 Å². The first-order valence-corrected chi connectivity index (χ1v) is 8.11. The van der Waals surface area contributed by atoms with Crippen molar-refractivity contribution in [3.8, 4) is 0 Å². The summed E-state index contributed by atoms with van der Waals surface area (Å²) in [7, 11) is -0.231. The Morgan fingerprint density at radius 1 is 1.20 bits per heavy atom. The highest BCUT2D eigenvalue weighted by Crippen LogP contribution is 2.09. The first-order valence-electron chi connectivity index (χ1n) is 6.46. The van der Waals surface area contributed by atoms with E-state index in [1.807, 2.05) is 30.3 Å². The lowest BCUT2D eigenvalue weighted by Gasteiger charge is -2.27. The van der Waals surface area contributed by atoms with Crippen LogP contribution in [0.3, 0.4) is 0 Å². The molecule has 0 radical (unpaired) electrons. The summed E-state index contributed by atoms with van der Waals surface area (Å²) < 4.78 is 36.8. The van der Waals surface area contributed by atoms with Gasteiger partial charge in [-0.3, -0.25) is 0 Å². The molecule has 1 aromatic rings. The number of methoxy groups -OCH3 is 2. The normalized spacial score (nSPS) is 14.9. The summed E-state index contributed by atoms with van der Waals surface area (Å²) in [6, 6.07) is 9.54. The summed E-state index contributed by atoms with van der Waals surface area (Å²) in [4.78, 5) is 0. The second kappa shape index (κ2) is 7.73. The molecule has 20 heavy (non-hydrogen) atoms. The predicted molar refractivity (Wildman–Crippen MR) is 79.2 cm³/mol. The molecule has 1 aromatic carbocycles. The van der Waals surface area contributed by atoms with Gasteiger partial charge in [0, 0.05) is 20.8 Å². The first kappa shape index (κ1) is 17.1. The minimum Gasteiger partial charge on any atom is -0.382 e. The topological polar surface area (TPSA) is 64.6 Å². The van der Waals surface area contributed by atoms with Crippen LogP contribution in [0.2, 0.25) is 0 Å². The van der Waals surface area contributed by atoms with E-state index in [2.05, 4.69) is 4.72 Å². The summed E-state index contributed by atoms with van der Waals surface area (Å²) >= 11 is 0. The SMILES string of the molecule is COCC(C)(CNS(=O)(=O)CCc1ccccc1)OC. The van der Waals surface area contributed by atoms with Crippen molar-refractivity contribution in [1.29, 1.82) is 0 Å². The van der Waals surface area contributed by atoms with Gasteiger partial charge in [-0.15, -0.1) is 0 Å². The third-order valence-corrected chi connectivity index (χ3v) is 4.44. The van der Waals surface area contributed by atoms with Crippen LogP contribution < -0.4 is 4.72 Å². The van der Waals surface area contributed by atoms with Gasteiger partial charge in [0.05, 0.1) is 12.4 Å². The van der Waals surface area contributed by atoms with Gasteiger partial charge in [-0.25, -0.2) is 13.1 Å². The molecule has 0 amide bonds. The largest absolute Gasteiger partial charge is 0.382 e. The maximum atomic E-state index is 12.0. The van der Waals surface area contributed by atoms with E-state index in [0.29, 0.717) is 13.0 Å². The molecule has 1 atom stereocenters. The molecule has 1 rings (SSSR count). The molecule has 0 aliphatic rings. The van der Waals surface area contributed by atoms with Gasteiger partial charge in [0.25, 0.3) is 0 Å². The second-order valence-electron chi connectivity index (χ2n) is 4.96. The maximum Gasteiger partial charge on any atom is 0.212 e. The van der Waals surface area contributed by atoms with Crippen LogP contribution in [0, 0.1) is 0 Å². The molecule has 0 saturated heterocycles. The van der Waals surface area contributed by atoms with Gasteiger partial charge in [0.15, 0.2) is 0 Å². The molecule has 5 nitrogen and oxygen atoms in total. The highest BCUT2D eigenvalue weighted by Gasteiger charge is 2.25. The summed E-state index contributed by atoms with van der Waals surface area (Å²) in [5.41, 5.74) is 0.346. The molecule has 0 fully saturated rings. The molecule has 114 valence electrons. The van der Waals surface area contributed by atoms with Gasteiger partial charge < -0.3 is 9.47 Å². The number of hydrogen-bond donors (Lipinski definition) is 1. The quantitative estimate of drug-likeness (QED) is 0.744. The minimum absolute atomic E-state index is 0.0593. The molecule has 0 spiro atoms. The lowest BCUT2D eigenvalue weighted by molar-refractivity contribution is -0.0460. The van der Waals surface area contributed by atoms with Crippen molar-refractivity contribution in [2.24, 2.45) is 0 Å². The molecule has 1 N–H and O–H groups in total. The van der Waals surface area contributed by atoms with Crippen LogP contribution in [0.1, 0.15) is 12.5 Å². The lowest BCUT2D eigenvalue weighted by Crippen LogP contribution is -2.46. The van der Waals surface area contributed by atoms with Gasteiger partial charge in [-0.05, 0) is 18.9 Å². The van der Waals surface area contributed by atoms with Crippen LogP contribution in [-0.4, -0.2) is 47.1 Å². The van der Waals surface area contributed by atoms with Crippen molar-refractivity contribution < 1.29 is 17.9 Å². The van der Waals surface area contributed by atoms with Gasteiger partial charge in [-0.1, -0.05) is 30.3 Å². The number of hydrogen-bond acceptors (Lipinski definition) is 4. The van der Waals surface area contributed by atoms with Gasteiger partial charge in [-0.2, -0.15) is 0 Å². The summed E-state index contributed by atoms with van der Waals surface area (Å²) in [5.74, 6) is 0.0593. The zero-order chi connectivity index (χ0) is 15.1. The highest BCUT2D eigenvalue weighted by atomic mass is 32.2.